The molecular formula is C47H75NO17. The lowest BCUT2D eigenvalue weighted by atomic mass is 9.82. The summed E-state index contributed by atoms with van der Waals surface area (Å²) in [6.45, 7) is 6.78. The molecule has 2 fully saturated rings. The Balaban J connectivity index is 1.84. The summed E-state index contributed by atoms with van der Waals surface area (Å²) >= 11 is 0. The van der Waals surface area contributed by atoms with Gasteiger partial charge in [0.15, 0.2) is 12.1 Å². The molecule has 3 aliphatic rings. The van der Waals surface area contributed by atoms with Crippen LogP contribution in [0.15, 0.2) is 72.9 Å². The number of carbonyl (C=O) groups is 2. The third-order valence-corrected chi connectivity index (χ3v) is 12.2. The maximum absolute atomic E-state index is 12.6. The van der Waals surface area contributed by atoms with Gasteiger partial charge in [0.1, 0.15) is 18.1 Å². The lowest BCUT2D eigenvalue weighted by Gasteiger charge is -2.45. The van der Waals surface area contributed by atoms with Crippen molar-refractivity contribution < 1.29 is 84.7 Å². The number of hydrogen-bond donors (Lipinski definition) is 12. The van der Waals surface area contributed by atoms with E-state index in [0.717, 1.165) is 12.8 Å². The number of fused-ring (bicyclic) bond motifs is 2. The van der Waals surface area contributed by atoms with Gasteiger partial charge in [0.2, 0.25) is 0 Å². The second-order valence-electron chi connectivity index (χ2n) is 17.8. The minimum Gasteiger partial charge on any atom is -0.481 e. The van der Waals surface area contributed by atoms with Gasteiger partial charge in [-0.05, 0) is 52.4 Å². The first-order valence-electron chi connectivity index (χ1n) is 22.6. The van der Waals surface area contributed by atoms with Gasteiger partial charge in [-0.2, -0.15) is 0 Å². The van der Waals surface area contributed by atoms with Crippen LogP contribution < -0.4 is 5.73 Å². The monoisotopic (exact) mass is 926 g/mol. The van der Waals surface area contributed by atoms with Crippen molar-refractivity contribution in [2.24, 2.45) is 23.5 Å². The number of nitrogens with two attached hydrogens (primary N) is 1. The lowest BCUT2D eigenvalue weighted by molar-refractivity contribution is -0.310. The fourth-order valence-electron chi connectivity index (χ4n) is 8.11. The van der Waals surface area contributed by atoms with E-state index in [1.54, 1.807) is 38.2 Å². The number of rotatable bonds is 3. The van der Waals surface area contributed by atoms with E-state index in [0.29, 0.717) is 0 Å². The molecule has 0 aliphatic carbocycles. The number of esters is 1. The molecule has 0 aromatic heterocycles. The first kappa shape index (κ1) is 56.1. The summed E-state index contributed by atoms with van der Waals surface area (Å²) in [6.07, 6.45) is 2.28. The summed E-state index contributed by atoms with van der Waals surface area (Å²) in [6, 6.07) is -1.14. The number of carbonyl (C=O) groups excluding carboxylic acids is 1. The second kappa shape index (κ2) is 27.6. The van der Waals surface area contributed by atoms with E-state index >= 15 is 0 Å². The summed E-state index contributed by atoms with van der Waals surface area (Å²) < 4.78 is 23.2. The zero-order valence-electron chi connectivity index (χ0n) is 37.8. The lowest BCUT2D eigenvalue weighted by Crippen LogP contribution is -2.61. The third kappa shape index (κ3) is 18.8. The van der Waals surface area contributed by atoms with Crippen LogP contribution in [0.2, 0.25) is 0 Å². The van der Waals surface area contributed by atoms with Crippen LogP contribution in [-0.2, 0) is 28.5 Å². The smallest absolute Gasteiger partial charge is 0.311 e. The molecule has 0 aromatic carbocycles. The van der Waals surface area contributed by atoms with E-state index in [2.05, 4.69) is 0 Å². The van der Waals surface area contributed by atoms with Crippen molar-refractivity contribution in [2.45, 2.75) is 189 Å². The number of aliphatic hydroxyl groups is 10. The third-order valence-electron chi connectivity index (χ3n) is 12.2. The maximum Gasteiger partial charge on any atom is 0.311 e. The topological polar surface area (TPSA) is 320 Å². The Bertz CT molecular complexity index is 1620. The molecule has 0 saturated carbocycles. The molecule has 13 N–H and O–H groups in total. The molecule has 370 valence electrons. The molecule has 3 aliphatic heterocycles. The van der Waals surface area contributed by atoms with E-state index < -0.39 is 141 Å². The quantitative estimate of drug-likeness (QED) is 0.175. The minimum atomic E-state index is -2.35. The van der Waals surface area contributed by atoms with Gasteiger partial charge in [-0.25, -0.2) is 0 Å². The predicted molar refractivity (Wildman–Crippen MR) is 237 cm³/mol. The Morgan fingerprint density at radius 1 is 0.692 bits per heavy atom. The fourth-order valence-corrected chi connectivity index (χ4v) is 8.11. The van der Waals surface area contributed by atoms with Crippen molar-refractivity contribution in [3.05, 3.63) is 72.9 Å². The van der Waals surface area contributed by atoms with Crippen LogP contribution in [0.4, 0.5) is 0 Å². The van der Waals surface area contributed by atoms with Gasteiger partial charge in [0.05, 0.1) is 79.6 Å². The molecule has 18 nitrogen and oxygen atoms in total. The predicted octanol–water partition coefficient (Wildman–Crippen LogP) is 0.936. The van der Waals surface area contributed by atoms with Crippen molar-refractivity contribution in [3.63, 3.8) is 0 Å². The highest BCUT2D eigenvalue weighted by Gasteiger charge is 2.51. The van der Waals surface area contributed by atoms with Crippen molar-refractivity contribution >= 4 is 11.9 Å². The van der Waals surface area contributed by atoms with Crippen LogP contribution in [0.1, 0.15) is 91.9 Å². The Morgan fingerprint density at radius 3 is 1.94 bits per heavy atom. The van der Waals surface area contributed by atoms with Crippen LogP contribution in [0, 0.1) is 17.8 Å². The van der Waals surface area contributed by atoms with Crippen LogP contribution >= 0.6 is 0 Å². The molecular weight excluding hydrogens is 851 g/mol. The summed E-state index contributed by atoms with van der Waals surface area (Å²) in [4.78, 5) is 25.1. The van der Waals surface area contributed by atoms with E-state index in [1.807, 2.05) is 49.5 Å². The second-order valence-corrected chi connectivity index (χ2v) is 17.8. The van der Waals surface area contributed by atoms with Gasteiger partial charge in [-0.1, -0.05) is 86.8 Å². The molecule has 2 bridgehead atoms. The highest BCUT2D eigenvalue weighted by atomic mass is 16.7. The Kier molecular flexibility index (Phi) is 23.8. The maximum atomic E-state index is 12.6. The molecule has 2 saturated heterocycles. The fraction of sp³-hybridized carbons (Fsp3) is 0.702. The number of cyclic esters (lactones) is 1. The van der Waals surface area contributed by atoms with Gasteiger partial charge in [0.25, 0.3) is 0 Å². The van der Waals surface area contributed by atoms with E-state index in [-0.39, 0.29) is 38.0 Å². The van der Waals surface area contributed by atoms with Crippen molar-refractivity contribution in [2.75, 3.05) is 0 Å². The molecule has 19 atom stereocenters. The summed E-state index contributed by atoms with van der Waals surface area (Å²) in [7, 11) is 0. The van der Waals surface area contributed by atoms with Gasteiger partial charge in [0, 0.05) is 31.1 Å². The Labute approximate surface area is 381 Å². The van der Waals surface area contributed by atoms with Gasteiger partial charge < -0.3 is 80.9 Å². The first-order chi connectivity index (χ1) is 30.6. The van der Waals surface area contributed by atoms with E-state index in [1.165, 1.54) is 13.0 Å². The average molecular weight is 926 g/mol. The normalized spacial score (nSPS) is 42.3. The molecule has 0 spiro atoms. The van der Waals surface area contributed by atoms with E-state index in [4.69, 9.17) is 24.7 Å². The first-order valence-corrected chi connectivity index (χ1v) is 22.6. The summed E-state index contributed by atoms with van der Waals surface area (Å²) in [5.74, 6) is -6.82. The van der Waals surface area contributed by atoms with Gasteiger partial charge >= 0.3 is 11.9 Å². The molecule has 65 heavy (non-hydrogen) atoms. The van der Waals surface area contributed by atoms with Crippen molar-refractivity contribution in [1.82, 2.24) is 0 Å². The number of carboxylic acids is 1. The van der Waals surface area contributed by atoms with Crippen molar-refractivity contribution in [3.8, 4) is 0 Å². The molecule has 18 heteroatoms. The minimum absolute atomic E-state index is 0.138. The number of allylic oxidation sites excluding steroid dienone is 10. The average Bonchev–Trinajstić information content (AvgIpc) is 3.21. The number of carboxylic acid groups (broad SMARTS) is 1. The molecule has 0 amide bonds. The largest absolute Gasteiger partial charge is 0.481 e. The van der Waals surface area contributed by atoms with Crippen LogP contribution in [-0.4, -0.2) is 166 Å². The number of ether oxygens (including phenoxy) is 4. The summed E-state index contributed by atoms with van der Waals surface area (Å²) in [5, 5.41) is 118. The highest BCUT2D eigenvalue weighted by Crippen LogP contribution is 2.38. The highest BCUT2D eigenvalue weighted by molar-refractivity contribution is 5.71. The molecule has 0 radical (unpaired) electrons. The van der Waals surface area contributed by atoms with Gasteiger partial charge in [-0.15, -0.1) is 0 Å². The molecule has 3 rings (SSSR count). The molecule has 14 unspecified atom stereocenters. The Hall–Kier alpha value is -3.18. The zero-order valence-corrected chi connectivity index (χ0v) is 37.8. The van der Waals surface area contributed by atoms with Gasteiger partial charge in [-0.3, -0.25) is 9.59 Å². The molecule has 0 aromatic rings. The van der Waals surface area contributed by atoms with Crippen molar-refractivity contribution in [1.29, 1.82) is 0 Å². The van der Waals surface area contributed by atoms with Crippen LogP contribution in [0.25, 0.3) is 0 Å². The zero-order chi connectivity index (χ0) is 48.4. The Morgan fingerprint density at radius 2 is 1.28 bits per heavy atom. The number of hydrogen-bond acceptors (Lipinski definition) is 17. The number of aliphatic hydroxyl groups excluding tert-OH is 9. The number of aliphatic carboxylic acids is 1. The standard InChI is InChI=1S/C47H75NO17/c1-27-17-15-13-11-9-7-5-6-8-10-12-14-16-18-34(64-46-44(58)41(48)43(57)30(4)63-46)24-38-40(45(59)60)37(54)26-47(61,65-38)25-36(53)35(52)20-19-31(49)21-32(50)22-33(51)23-39(55)62-29(3)28(2)42(27)56/h5-6,8,10-18,27-38,40-44,46,49-54,56-58,61H,7,9,19-26,48H2,1-4H3,(H,59,60)/t27?,28?,29?,30-,31?,32?,33?,34?,35?,36?,37?,38?,40?,41-,42?,43+,44-,46-,47?/m0/s1. The SMILES string of the molecule is CC1C=CC=CCCC=CC=CC=CC=CC(O[C@@H]2O[C@@H](C)[C@@H](O)[C@H](N)[C@@H]2O)CC2OC(O)(CC(O)C(O)CCC(O)CC(O)CC(O)CC(=O)OC(C)C(C)C1O)CC(O)C2C(=O)O. The summed E-state index contributed by atoms with van der Waals surface area (Å²) in [5.41, 5.74) is 6.02. The van der Waals surface area contributed by atoms with Crippen LogP contribution in [0.5, 0.6) is 0 Å². The molecule has 3 heterocycles. The van der Waals surface area contributed by atoms with E-state index in [9.17, 15) is 65.8 Å². The van der Waals surface area contributed by atoms with Crippen LogP contribution in [0.3, 0.4) is 0 Å².